The van der Waals surface area contributed by atoms with Gasteiger partial charge < -0.3 is 5.11 Å². The fraction of sp³-hybridized carbons (Fsp3) is 0. The average Bonchev–Trinajstić information content (AvgIpc) is 2.99. The van der Waals surface area contributed by atoms with E-state index in [2.05, 4.69) is 21.2 Å². The summed E-state index contributed by atoms with van der Waals surface area (Å²) in [5.41, 5.74) is 4.73. The van der Waals surface area contributed by atoms with Crippen LogP contribution in [0.2, 0.25) is 0 Å². The van der Waals surface area contributed by atoms with Crippen LogP contribution in [0.4, 0.5) is 0 Å². The van der Waals surface area contributed by atoms with Crippen molar-refractivity contribution in [2.75, 3.05) is 0 Å². The Labute approximate surface area is 127 Å². The quantitative estimate of drug-likeness (QED) is 0.586. The normalized spacial score (nSPS) is 10.9. The van der Waals surface area contributed by atoms with Crippen molar-refractivity contribution in [3.05, 3.63) is 66.9 Å². The van der Waals surface area contributed by atoms with Gasteiger partial charge in [0.2, 0.25) is 0 Å². The number of phenolic OH excluding ortho intramolecular Hbond substituents is 1. The lowest BCUT2D eigenvalue weighted by Gasteiger charge is -2.03. The van der Waals surface area contributed by atoms with Crippen LogP contribution < -0.4 is 0 Å². The summed E-state index contributed by atoms with van der Waals surface area (Å²) in [6.45, 7) is 0. The number of aromatic hydroxyl groups is 1. The zero-order valence-corrected chi connectivity index (χ0v) is 11.7. The zero-order valence-electron chi connectivity index (χ0n) is 11.7. The minimum absolute atomic E-state index is 0.256. The minimum atomic E-state index is 0.256. The minimum Gasteiger partial charge on any atom is -0.508 e. The highest BCUT2D eigenvalue weighted by Gasteiger charge is 2.10. The Hall–Kier alpha value is -3.14. The molecule has 0 bridgehead atoms. The van der Waals surface area contributed by atoms with E-state index in [4.69, 9.17) is 0 Å². The van der Waals surface area contributed by atoms with Gasteiger partial charge in [0.05, 0.1) is 5.69 Å². The Balaban J connectivity index is 1.88. The second kappa shape index (κ2) is 5.00. The van der Waals surface area contributed by atoms with Crippen LogP contribution in [0.1, 0.15) is 0 Å². The van der Waals surface area contributed by atoms with Crippen LogP contribution >= 0.6 is 0 Å². The molecule has 2 aromatic carbocycles. The van der Waals surface area contributed by atoms with Crippen LogP contribution in [-0.4, -0.2) is 20.3 Å². The van der Waals surface area contributed by atoms with E-state index in [-0.39, 0.29) is 5.75 Å². The molecular formula is C18H13N3O. The number of benzene rings is 2. The van der Waals surface area contributed by atoms with Crippen LogP contribution in [0.15, 0.2) is 66.9 Å². The molecule has 4 rings (SSSR count). The van der Waals surface area contributed by atoms with E-state index < -0.39 is 0 Å². The first-order valence-electron chi connectivity index (χ1n) is 7.00. The molecule has 0 spiro atoms. The predicted molar refractivity (Wildman–Crippen MR) is 86.4 cm³/mol. The molecule has 2 aromatic heterocycles. The number of H-pyrrole nitrogens is 1. The van der Waals surface area contributed by atoms with Crippen molar-refractivity contribution < 1.29 is 5.11 Å². The van der Waals surface area contributed by atoms with Crippen molar-refractivity contribution in [1.29, 1.82) is 0 Å². The fourth-order valence-corrected chi connectivity index (χ4v) is 2.54. The largest absolute Gasteiger partial charge is 0.508 e. The number of pyridine rings is 1. The molecule has 22 heavy (non-hydrogen) atoms. The van der Waals surface area contributed by atoms with Gasteiger partial charge in [0.15, 0.2) is 5.65 Å². The van der Waals surface area contributed by atoms with Crippen molar-refractivity contribution in [2.45, 2.75) is 0 Å². The highest BCUT2D eigenvalue weighted by atomic mass is 16.3. The molecule has 0 amide bonds. The summed E-state index contributed by atoms with van der Waals surface area (Å²) in [5.74, 6) is 0.256. The lowest BCUT2D eigenvalue weighted by Crippen LogP contribution is -1.82. The number of rotatable bonds is 2. The molecule has 0 radical (unpaired) electrons. The SMILES string of the molecule is Oc1ccc(-c2cnc3n[nH]c(-c4ccccc4)c3c2)cc1. The maximum absolute atomic E-state index is 9.40. The highest BCUT2D eigenvalue weighted by Crippen LogP contribution is 2.29. The van der Waals surface area contributed by atoms with Gasteiger partial charge in [-0.05, 0) is 23.8 Å². The van der Waals surface area contributed by atoms with Gasteiger partial charge in [0, 0.05) is 22.7 Å². The first-order valence-corrected chi connectivity index (χ1v) is 7.00. The van der Waals surface area contributed by atoms with E-state index in [1.54, 1.807) is 18.3 Å². The van der Waals surface area contributed by atoms with Crippen molar-refractivity contribution in [2.24, 2.45) is 0 Å². The van der Waals surface area contributed by atoms with E-state index in [0.29, 0.717) is 5.65 Å². The Kier molecular flexibility index (Phi) is 2.86. The van der Waals surface area contributed by atoms with E-state index in [1.807, 2.05) is 42.5 Å². The molecule has 0 fully saturated rings. The number of hydrogen-bond donors (Lipinski definition) is 2. The van der Waals surface area contributed by atoms with E-state index >= 15 is 0 Å². The first kappa shape index (κ1) is 12.6. The summed E-state index contributed by atoms with van der Waals surface area (Å²) in [4.78, 5) is 4.42. The van der Waals surface area contributed by atoms with Crippen molar-refractivity contribution >= 4 is 11.0 Å². The van der Waals surface area contributed by atoms with Crippen LogP contribution in [0.5, 0.6) is 5.75 Å². The summed E-state index contributed by atoms with van der Waals surface area (Å²) in [6.07, 6.45) is 1.80. The molecule has 106 valence electrons. The Bertz CT molecular complexity index is 928. The lowest BCUT2D eigenvalue weighted by atomic mass is 10.0. The molecule has 0 aliphatic rings. The summed E-state index contributed by atoms with van der Waals surface area (Å²) in [7, 11) is 0. The van der Waals surface area contributed by atoms with Gasteiger partial charge in [-0.25, -0.2) is 4.98 Å². The standard InChI is InChI=1S/C18H13N3O/c22-15-8-6-12(7-9-15)14-10-16-17(13-4-2-1-3-5-13)20-21-18(16)19-11-14/h1-11,22H,(H,19,20,21). The number of nitrogens with zero attached hydrogens (tertiary/aromatic N) is 2. The number of fused-ring (bicyclic) bond motifs is 1. The second-order valence-corrected chi connectivity index (χ2v) is 5.11. The Morgan fingerprint density at radius 1 is 0.818 bits per heavy atom. The molecule has 2 heterocycles. The number of aromatic amines is 1. The van der Waals surface area contributed by atoms with Gasteiger partial charge in [-0.15, -0.1) is 0 Å². The van der Waals surface area contributed by atoms with Crippen molar-refractivity contribution in [1.82, 2.24) is 15.2 Å². The number of aromatic nitrogens is 3. The van der Waals surface area contributed by atoms with Crippen LogP contribution in [0, 0.1) is 0 Å². The molecule has 4 nitrogen and oxygen atoms in total. The summed E-state index contributed by atoms with van der Waals surface area (Å²) < 4.78 is 0. The van der Waals surface area contributed by atoms with Crippen molar-refractivity contribution in [3.8, 4) is 28.1 Å². The molecule has 0 aliphatic heterocycles. The van der Waals surface area contributed by atoms with Gasteiger partial charge >= 0.3 is 0 Å². The second-order valence-electron chi connectivity index (χ2n) is 5.11. The van der Waals surface area contributed by atoms with E-state index in [0.717, 1.165) is 27.8 Å². The third kappa shape index (κ3) is 2.11. The van der Waals surface area contributed by atoms with E-state index in [1.165, 1.54) is 0 Å². The van der Waals surface area contributed by atoms with Crippen LogP contribution in [0.3, 0.4) is 0 Å². The molecule has 4 heteroatoms. The van der Waals surface area contributed by atoms with Gasteiger partial charge in [0.1, 0.15) is 5.75 Å². The number of hydrogen-bond acceptors (Lipinski definition) is 3. The van der Waals surface area contributed by atoms with Crippen LogP contribution in [0.25, 0.3) is 33.4 Å². The molecular weight excluding hydrogens is 274 g/mol. The topological polar surface area (TPSA) is 61.8 Å². The molecule has 0 unspecified atom stereocenters. The highest BCUT2D eigenvalue weighted by molar-refractivity contribution is 5.93. The van der Waals surface area contributed by atoms with Gasteiger partial charge in [0.25, 0.3) is 0 Å². The lowest BCUT2D eigenvalue weighted by molar-refractivity contribution is 0.475. The maximum atomic E-state index is 9.40. The molecule has 0 aliphatic carbocycles. The Morgan fingerprint density at radius 3 is 2.36 bits per heavy atom. The number of nitrogens with one attached hydrogen (secondary N) is 1. The average molecular weight is 287 g/mol. The predicted octanol–water partition coefficient (Wildman–Crippen LogP) is 4.00. The van der Waals surface area contributed by atoms with Gasteiger partial charge in [-0.3, -0.25) is 5.10 Å². The smallest absolute Gasteiger partial charge is 0.181 e. The number of phenols is 1. The molecule has 0 atom stereocenters. The molecule has 0 saturated heterocycles. The fourth-order valence-electron chi connectivity index (χ4n) is 2.54. The molecule has 2 N–H and O–H groups in total. The zero-order chi connectivity index (χ0) is 14.9. The monoisotopic (exact) mass is 287 g/mol. The maximum Gasteiger partial charge on any atom is 0.181 e. The van der Waals surface area contributed by atoms with E-state index in [9.17, 15) is 5.11 Å². The van der Waals surface area contributed by atoms with Gasteiger partial charge in [-0.2, -0.15) is 5.10 Å². The third-order valence-corrected chi connectivity index (χ3v) is 3.67. The summed E-state index contributed by atoms with van der Waals surface area (Å²) in [5, 5.41) is 17.7. The molecule has 4 aromatic rings. The Morgan fingerprint density at radius 2 is 1.59 bits per heavy atom. The summed E-state index contributed by atoms with van der Waals surface area (Å²) in [6, 6.07) is 19.2. The van der Waals surface area contributed by atoms with Gasteiger partial charge in [-0.1, -0.05) is 42.5 Å². The van der Waals surface area contributed by atoms with Crippen molar-refractivity contribution in [3.63, 3.8) is 0 Å². The summed E-state index contributed by atoms with van der Waals surface area (Å²) >= 11 is 0. The molecule has 0 saturated carbocycles. The first-order chi connectivity index (χ1) is 10.8. The third-order valence-electron chi connectivity index (χ3n) is 3.67. The van der Waals surface area contributed by atoms with Crippen LogP contribution in [-0.2, 0) is 0 Å².